The van der Waals surface area contributed by atoms with E-state index in [4.69, 9.17) is 11.6 Å². The van der Waals surface area contributed by atoms with Crippen LogP contribution in [0.4, 0.5) is 0 Å². The lowest BCUT2D eigenvalue weighted by atomic mass is 10.0. The van der Waals surface area contributed by atoms with Crippen molar-refractivity contribution < 1.29 is 0 Å². The zero-order valence-corrected chi connectivity index (χ0v) is 12.9. The van der Waals surface area contributed by atoms with Crippen LogP contribution in [-0.4, -0.2) is 16.3 Å². The minimum Gasteiger partial charge on any atom is -0.310 e. The zero-order valence-electron chi connectivity index (χ0n) is 12.1. The van der Waals surface area contributed by atoms with Crippen molar-refractivity contribution in [1.29, 1.82) is 0 Å². The summed E-state index contributed by atoms with van der Waals surface area (Å²) in [7, 11) is 1.94. The number of aromatic nitrogens is 2. The van der Waals surface area contributed by atoms with Crippen molar-refractivity contribution in [3.8, 4) is 0 Å². The predicted molar refractivity (Wildman–Crippen MR) is 84.0 cm³/mol. The summed E-state index contributed by atoms with van der Waals surface area (Å²) >= 11 is 6.18. The fraction of sp³-hybridized carbons (Fsp3) is 0.438. The second kappa shape index (κ2) is 7.46. The molecular weight excluding hydrogens is 270 g/mol. The lowest BCUT2D eigenvalue weighted by molar-refractivity contribution is 0.492. The van der Waals surface area contributed by atoms with Gasteiger partial charge in [-0.3, -0.25) is 4.68 Å². The molecule has 1 aromatic heterocycles. The number of nitrogens with zero attached hydrogens (tertiary/aromatic N) is 2. The van der Waals surface area contributed by atoms with Crippen LogP contribution in [0.5, 0.6) is 0 Å². The van der Waals surface area contributed by atoms with E-state index in [1.165, 1.54) is 5.56 Å². The van der Waals surface area contributed by atoms with Crippen molar-refractivity contribution in [2.75, 3.05) is 6.54 Å². The second-order valence-electron chi connectivity index (χ2n) is 5.02. The topological polar surface area (TPSA) is 29.9 Å². The molecule has 0 spiro atoms. The largest absolute Gasteiger partial charge is 0.310 e. The van der Waals surface area contributed by atoms with E-state index >= 15 is 0 Å². The summed E-state index contributed by atoms with van der Waals surface area (Å²) in [5.74, 6) is 0. The normalized spacial score (nSPS) is 12.6. The highest BCUT2D eigenvalue weighted by Crippen LogP contribution is 2.22. The molecule has 0 saturated heterocycles. The van der Waals surface area contributed by atoms with Crippen molar-refractivity contribution in [1.82, 2.24) is 15.1 Å². The molecule has 1 unspecified atom stereocenters. The molecular formula is C16H22ClN3. The fourth-order valence-electron chi connectivity index (χ4n) is 2.39. The lowest BCUT2D eigenvalue weighted by Crippen LogP contribution is -2.23. The molecule has 1 atom stereocenters. The van der Waals surface area contributed by atoms with Crippen molar-refractivity contribution in [2.45, 2.75) is 32.2 Å². The maximum atomic E-state index is 6.18. The first kappa shape index (κ1) is 15.1. The predicted octanol–water partition coefficient (Wildman–Crippen LogP) is 3.75. The molecule has 108 valence electrons. The van der Waals surface area contributed by atoms with Crippen LogP contribution in [0.25, 0.3) is 0 Å². The van der Waals surface area contributed by atoms with E-state index in [-0.39, 0.29) is 0 Å². The van der Waals surface area contributed by atoms with E-state index in [9.17, 15) is 0 Å². The molecule has 1 aromatic carbocycles. The summed E-state index contributed by atoms with van der Waals surface area (Å²) in [6.45, 7) is 3.21. The van der Waals surface area contributed by atoms with Crippen LogP contribution in [0, 0.1) is 0 Å². The van der Waals surface area contributed by atoms with Gasteiger partial charge >= 0.3 is 0 Å². The second-order valence-corrected chi connectivity index (χ2v) is 5.43. The average Bonchev–Trinajstić information content (AvgIpc) is 2.79. The quantitative estimate of drug-likeness (QED) is 0.842. The van der Waals surface area contributed by atoms with Crippen molar-refractivity contribution in [2.24, 2.45) is 7.05 Å². The first-order valence-electron chi connectivity index (χ1n) is 7.17. The maximum absolute atomic E-state index is 6.18. The van der Waals surface area contributed by atoms with Crippen LogP contribution in [-0.2, 0) is 13.5 Å². The summed E-state index contributed by atoms with van der Waals surface area (Å²) in [5.41, 5.74) is 2.44. The molecule has 4 heteroatoms. The highest BCUT2D eigenvalue weighted by Gasteiger charge is 2.13. The fourth-order valence-corrected chi connectivity index (χ4v) is 2.65. The Labute approximate surface area is 126 Å². The van der Waals surface area contributed by atoms with Crippen LogP contribution in [0.3, 0.4) is 0 Å². The molecule has 2 aromatic rings. The van der Waals surface area contributed by atoms with Gasteiger partial charge in [-0.05, 0) is 31.4 Å². The van der Waals surface area contributed by atoms with Gasteiger partial charge in [-0.25, -0.2) is 0 Å². The number of hydrogen-bond acceptors (Lipinski definition) is 2. The highest BCUT2D eigenvalue weighted by atomic mass is 35.5. The third-order valence-electron chi connectivity index (χ3n) is 3.52. The van der Waals surface area contributed by atoms with E-state index in [0.29, 0.717) is 6.04 Å². The molecule has 0 aliphatic heterocycles. The van der Waals surface area contributed by atoms with Gasteiger partial charge in [0, 0.05) is 13.1 Å². The molecule has 0 amide bonds. The summed E-state index contributed by atoms with van der Waals surface area (Å²) in [6.07, 6.45) is 4.79. The molecule has 1 heterocycles. The monoisotopic (exact) mass is 291 g/mol. The lowest BCUT2D eigenvalue weighted by Gasteiger charge is -2.19. The zero-order chi connectivity index (χ0) is 14.4. The van der Waals surface area contributed by atoms with Gasteiger partial charge < -0.3 is 5.32 Å². The van der Waals surface area contributed by atoms with Crippen LogP contribution in [0.2, 0.25) is 5.02 Å². The van der Waals surface area contributed by atoms with Crippen LogP contribution < -0.4 is 5.32 Å². The first-order valence-corrected chi connectivity index (χ1v) is 7.55. The SMILES string of the molecule is CCCNC(CCc1c(Cl)cnn1C)c1ccccc1. The summed E-state index contributed by atoms with van der Waals surface area (Å²) in [5, 5.41) is 8.57. The summed E-state index contributed by atoms with van der Waals surface area (Å²) in [6, 6.07) is 11.0. The van der Waals surface area contributed by atoms with Crippen molar-refractivity contribution >= 4 is 11.6 Å². The molecule has 3 nitrogen and oxygen atoms in total. The van der Waals surface area contributed by atoms with Crippen LogP contribution >= 0.6 is 11.6 Å². The Kier molecular flexibility index (Phi) is 5.62. The number of hydrogen-bond donors (Lipinski definition) is 1. The van der Waals surface area contributed by atoms with E-state index in [1.807, 2.05) is 11.7 Å². The Bertz CT molecular complexity index is 502. The molecule has 0 fully saturated rings. The van der Waals surface area contributed by atoms with Crippen LogP contribution in [0.15, 0.2) is 36.5 Å². The standard InChI is InChI=1S/C16H22ClN3/c1-3-11-18-15(13-7-5-4-6-8-13)9-10-16-14(17)12-19-20(16)2/h4-8,12,15,18H,3,9-11H2,1-2H3. The van der Waals surface area contributed by atoms with E-state index in [1.54, 1.807) is 6.20 Å². The number of rotatable bonds is 7. The number of nitrogens with one attached hydrogen (secondary N) is 1. The molecule has 0 aliphatic rings. The Morgan fingerprint density at radius 1 is 1.30 bits per heavy atom. The van der Waals surface area contributed by atoms with E-state index in [2.05, 4.69) is 47.7 Å². The third kappa shape index (κ3) is 3.84. The van der Waals surface area contributed by atoms with Gasteiger partial charge in [0.05, 0.1) is 16.9 Å². The van der Waals surface area contributed by atoms with E-state index < -0.39 is 0 Å². The first-order chi connectivity index (χ1) is 9.72. The molecule has 20 heavy (non-hydrogen) atoms. The average molecular weight is 292 g/mol. The maximum Gasteiger partial charge on any atom is 0.0817 e. The van der Waals surface area contributed by atoms with Crippen molar-refractivity contribution in [3.63, 3.8) is 0 Å². The number of benzene rings is 1. The summed E-state index contributed by atoms with van der Waals surface area (Å²) < 4.78 is 1.87. The molecule has 0 saturated carbocycles. The van der Waals surface area contributed by atoms with Gasteiger partial charge in [-0.15, -0.1) is 0 Å². The van der Waals surface area contributed by atoms with Crippen LogP contribution in [0.1, 0.15) is 37.1 Å². The van der Waals surface area contributed by atoms with Gasteiger partial charge in [-0.1, -0.05) is 48.9 Å². The number of aryl methyl sites for hydroxylation is 1. The number of halogens is 1. The molecule has 1 N–H and O–H groups in total. The van der Waals surface area contributed by atoms with E-state index in [0.717, 1.165) is 36.5 Å². The Morgan fingerprint density at radius 3 is 2.65 bits per heavy atom. The minimum atomic E-state index is 0.363. The Balaban J connectivity index is 2.05. The summed E-state index contributed by atoms with van der Waals surface area (Å²) in [4.78, 5) is 0. The highest BCUT2D eigenvalue weighted by molar-refractivity contribution is 6.31. The van der Waals surface area contributed by atoms with Crippen molar-refractivity contribution in [3.05, 3.63) is 52.8 Å². The Morgan fingerprint density at radius 2 is 2.05 bits per heavy atom. The molecule has 0 bridgehead atoms. The molecule has 2 rings (SSSR count). The smallest absolute Gasteiger partial charge is 0.0817 e. The van der Waals surface area contributed by atoms with Gasteiger partial charge in [0.15, 0.2) is 0 Å². The molecule has 0 radical (unpaired) electrons. The molecule has 0 aliphatic carbocycles. The van der Waals surface area contributed by atoms with Gasteiger partial charge in [0.2, 0.25) is 0 Å². The Hall–Kier alpha value is -1.32. The van der Waals surface area contributed by atoms with Gasteiger partial charge in [0.1, 0.15) is 0 Å². The van der Waals surface area contributed by atoms with Gasteiger partial charge in [0.25, 0.3) is 0 Å². The third-order valence-corrected chi connectivity index (χ3v) is 3.84. The minimum absolute atomic E-state index is 0.363. The van der Waals surface area contributed by atoms with Gasteiger partial charge in [-0.2, -0.15) is 5.10 Å².